The van der Waals surface area contributed by atoms with Crippen LogP contribution in [0.1, 0.15) is 12.8 Å². The molecule has 1 saturated heterocycles. The van der Waals surface area contributed by atoms with E-state index in [1.165, 1.54) is 0 Å². The summed E-state index contributed by atoms with van der Waals surface area (Å²) < 4.78 is 5.43. The molecule has 0 aromatic carbocycles. The molecule has 2 N–H and O–H groups in total. The topological polar surface area (TPSA) is 53.6 Å². The molecular weight excluding hydrogens is 206 g/mol. The molecule has 0 saturated carbocycles. The second-order valence-electron chi connectivity index (χ2n) is 4.28. The first-order valence-electron chi connectivity index (χ1n) is 5.94. The number of likely N-dealkylation sites (N-methyl/N-ethyl adjacent to an activating group) is 2. The van der Waals surface area contributed by atoms with Crippen molar-refractivity contribution < 1.29 is 9.53 Å². The number of carbonyl (C=O) groups excluding carboxylic acids is 1. The van der Waals surface area contributed by atoms with E-state index in [0.29, 0.717) is 13.1 Å². The van der Waals surface area contributed by atoms with Gasteiger partial charge >= 0.3 is 0 Å². The number of hydrogen-bond donors (Lipinski definition) is 2. The second-order valence-corrected chi connectivity index (χ2v) is 4.28. The summed E-state index contributed by atoms with van der Waals surface area (Å²) in [4.78, 5) is 13.5. The van der Waals surface area contributed by atoms with E-state index in [9.17, 15) is 4.79 Å². The van der Waals surface area contributed by atoms with Crippen LogP contribution in [-0.2, 0) is 9.53 Å². The number of nitrogens with one attached hydrogen (secondary N) is 2. The third-order valence-corrected chi connectivity index (χ3v) is 2.71. The Balaban J connectivity index is 2.05. The first-order valence-corrected chi connectivity index (χ1v) is 5.94. The van der Waals surface area contributed by atoms with E-state index in [1.807, 2.05) is 19.0 Å². The monoisotopic (exact) mass is 229 g/mol. The van der Waals surface area contributed by atoms with Gasteiger partial charge in [0.05, 0.1) is 12.6 Å². The van der Waals surface area contributed by atoms with Gasteiger partial charge in [0.25, 0.3) is 0 Å². The van der Waals surface area contributed by atoms with Crippen LogP contribution in [0.15, 0.2) is 0 Å². The summed E-state index contributed by atoms with van der Waals surface area (Å²) in [5.74, 6) is 0.0779. The normalized spacial score (nSPS) is 20.3. The molecule has 1 aliphatic rings. The molecule has 1 heterocycles. The van der Waals surface area contributed by atoms with Crippen LogP contribution >= 0.6 is 0 Å². The van der Waals surface area contributed by atoms with Crippen molar-refractivity contribution in [1.29, 1.82) is 0 Å². The van der Waals surface area contributed by atoms with Crippen molar-refractivity contribution in [3.8, 4) is 0 Å². The van der Waals surface area contributed by atoms with Crippen molar-refractivity contribution in [2.75, 3.05) is 46.9 Å². The van der Waals surface area contributed by atoms with Gasteiger partial charge in [-0.25, -0.2) is 0 Å². The van der Waals surface area contributed by atoms with Crippen LogP contribution in [0.4, 0.5) is 0 Å². The largest absolute Gasteiger partial charge is 0.376 e. The Kier molecular flexibility index (Phi) is 6.37. The third-order valence-electron chi connectivity index (χ3n) is 2.71. The number of carbonyl (C=O) groups is 1. The fraction of sp³-hybridized carbons (Fsp3) is 0.909. The molecule has 1 aliphatic heterocycles. The zero-order valence-corrected chi connectivity index (χ0v) is 10.3. The van der Waals surface area contributed by atoms with Crippen molar-refractivity contribution in [2.45, 2.75) is 18.9 Å². The molecule has 1 atom stereocenters. The number of hydrogen-bond acceptors (Lipinski definition) is 4. The number of rotatable bonds is 7. The van der Waals surface area contributed by atoms with Gasteiger partial charge in [-0.1, -0.05) is 0 Å². The molecule has 0 radical (unpaired) electrons. The molecule has 0 aliphatic carbocycles. The molecule has 1 unspecified atom stereocenters. The van der Waals surface area contributed by atoms with E-state index in [0.717, 1.165) is 32.5 Å². The van der Waals surface area contributed by atoms with Gasteiger partial charge in [0.1, 0.15) is 0 Å². The van der Waals surface area contributed by atoms with Gasteiger partial charge in [-0.15, -0.1) is 0 Å². The Hall–Kier alpha value is -0.650. The molecule has 0 bridgehead atoms. The lowest BCUT2D eigenvalue weighted by Crippen LogP contribution is -2.40. The Morgan fingerprint density at radius 2 is 2.38 bits per heavy atom. The maximum absolute atomic E-state index is 11.5. The average Bonchev–Trinajstić information content (AvgIpc) is 2.76. The predicted octanol–water partition coefficient (Wildman–Crippen LogP) is -0.567. The van der Waals surface area contributed by atoms with Gasteiger partial charge in [0, 0.05) is 26.2 Å². The highest BCUT2D eigenvalue weighted by atomic mass is 16.5. The van der Waals surface area contributed by atoms with Gasteiger partial charge in [-0.2, -0.15) is 0 Å². The van der Waals surface area contributed by atoms with E-state index in [2.05, 4.69) is 10.6 Å². The van der Waals surface area contributed by atoms with Crippen molar-refractivity contribution in [1.82, 2.24) is 15.5 Å². The molecule has 0 aromatic heterocycles. The van der Waals surface area contributed by atoms with Gasteiger partial charge in [-0.05, 0) is 26.9 Å². The van der Waals surface area contributed by atoms with Gasteiger partial charge < -0.3 is 15.4 Å². The molecule has 16 heavy (non-hydrogen) atoms. The van der Waals surface area contributed by atoms with Gasteiger partial charge in [0.15, 0.2) is 0 Å². The van der Waals surface area contributed by atoms with Gasteiger partial charge in [0.2, 0.25) is 5.91 Å². The highest BCUT2D eigenvalue weighted by molar-refractivity contribution is 5.77. The lowest BCUT2D eigenvalue weighted by atomic mass is 10.2. The highest BCUT2D eigenvalue weighted by Crippen LogP contribution is 2.10. The Morgan fingerprint density at radius 1 is 1.56 bits per heavy atom. The first kappa shape index (κ1) is 13.4. The minimum atomic E-state index is 0.0779. The second kappa shape index (κ2) is 7.60. The van der Waals surface area contributed by atoms with E-state index < -0.39 is 0 Å². The van der Waals surface area contributed by atoms with E-state index in [4.69, 9.17) is 4.74 Å². The first-order chi connectivity index (χ1) is 7.72. The van der Waals surface area contributed by atoms with Crippen LogP contribution in [0.3, 0.4) is 0 Å². The highest BCUT2D eigenvalue weighted by Gasteiger charge is 2.16. The zero-order chi connectivity index (χ0) is 11.8. The van der Waals surface area contributed by atoms with Crippen LogP contribution in [-0.4, -0.2) is 63.8 Å². The summed E-state index contributed by atoms with van der Waals surface area (Å²) in [6.07, 6.45) is 2.41. The minimum absolute atomic E-state index is 0.0779. The van der Waals surface area contributed by atoms with Crippen molar-refractivity contribution in [2.24, 2.45) is 0 Å². The van der Waals surface area contributed by atoms with Crippen molar-refractivity contribution in [3.05, 3.63) is 0 Å². The van der Waals surface area contributed by atoms with Crippen LogP contribution in [0, 0.1) is 0 Å². The van der Waals surface area contributed by atoms with E-state index in [1.54, 1.807) is 0 Å². The average molecular weight is 229 g/mol. The predicted molar refractivity (Wildman–Crippen MR) is 63.4 cm³/mol. The molecular formula is C11H23N3O2. The number of amides is 1. The standard InChI is InChI=1S/C11H23N3O2/c1-12-5-6-14(2)9-11(15)13-8-10-4-3-7-16-10/h10,12H,3-9H2,1-2H3,(H,13,15). The van der Waals surface area contributed by atoms with Crippen LogP contribution < -0.4 is 10.6 Å². The van der Waals surface area contributed by atoms with Crippen molar-refractivity contribution >= 4 is 5.91 Å². The summed E-state index contributed by atoms with van der Waals surface area (Å²) in [7, 11) is 3.86. The lowest BCUT2D eigenvalue weighted by Gasteiger charge is -2.17. The smallest absolute Gasteiger partial charge is 0.234 e. The fourth-order valence-corrected chi connectivity index (χ4v) is 1.72. The Labute approximate surface area is 97.5 Å². The van der Waals surface area contributed by atoms with Crippen LogP contribution in [0.25, 0.3) is 0 Å². The quantitative estimate of drug-likeness (QED) is 0.614. The zero-order valence-electron chi connectivity index (χ0n) is 10.3. The molecule has 1 amide bonds. The summed E-state index contributed by atoms with van der Waals surface area (Å²) >= 11 is 0. The van der Waals surface area contributed by atoms with Gasteiger partial charge in [-0.3, -0.25) is 9.69 Å². The van der Waals surface area contributed by atoms with Crippen LogP contribution in [0.5, 0.6) is 0 Å². The molecule has 94 valence electrons. The third kappa shape index (κ3) is 5.44. The molecule has 0 aromatic rings. The summed E-state index contributed by atoms with van der Waals surface area (Å²) in [6, 6.07) is 0. The molecule has 5 heteroatoms. The molecule has 5 nitrogen and oxygen atoms in total. The number of ether oxygens (including phenoxy) is 1. The molecule has 1 fully saturated rings. The summed E-state index contributed by atoms with van der Waals surface area (Å²) in [5.41, 5.74) is 0. The SMILES string of the molecule is CNCCN(C)CC(=O)NCC1CCCO1. The fourth-order valence-electron chi connectivity index (χ4n) is 1.72. The summed E-state index contributed by atoms with van der Waals surface area (Å²) in [5, 5.41) is 5.96. The maximum Gasteiger partial charge on any atom is 0.234 e. The number of nitrogens with zero attached hydrogens (tertiary/aromatic N) is 1. The summed E-state index contributed by atoms with van der Waals surface area (Å²) in [6.45, 7) is 3.72. The Morgan fingerprint density at radius 3 is 3.00 bits per heavy atom. The van der Waals surface area contributed by atoms with Crippen molar-refractivity contribution in [3.63, 3.8) is 0 Å². The Bertz CT molecular complexity index is 205. The van der Waals surface area contributed by atoms with E-state index >= 15 is 0 Å². The molecule has 0 spiro atoms. The maximum atomic E-state index is 11.5. The lowest BCUT2D eigenvalue weighted by molar-refractivity contribution is -0.122. The van der Waals surface area contributed by atoms with E-state index in [-0.39, 0.29) is 12.0 Å². The molecule has 1 rings (SSSR count). The minimum Gasteiger partial charge on any atom is -0.376 e. The van der Waals surface area contributed by atoms with Crippen LogP contribution in [0.2, 0.25) is 0 Å².